The van der Waals surface area contributed by atoms with Crippen molar-refractivity contribution in [3.63, 3.8) is 0 Å². The van der Waals surface area contributed by atoms with Crippen LogP contribution in [0.2, 0.25) is 0 Å². The van der Waals surface area contributed by atoms with Crippen LogP contribution in [0.15, 0.2) is 42.5 Å². The second-order valence-corrected chi connectivity index (χ2v) is 12.8. The summed E-state index contributed by atoms with van der Waals surface area (Å²) in [5.74, 6) is -0.527. The first kappa shape index (κ1) is 32.9. The number of benzene rings is 2. The van der Waals surface area contributed by atoms with Gasteiger partial charge in [-0.25, -0.2) is 4.79 Å². The van der Waals surface area contributed by atoms with Gasteiger partial charge in [-0.05, 0) is 91.3 Å². The summed E-state index contributed by atoms with van der Waals surface area (Å²) in [4.78, 5) is 43.3. The first-order chi connectivity index (χ1) is 18.4. The lowest BCUT2D eigenvalue weighted by atomic mass is 9.90. The molecule has 7 heteroatoms. The fourth-order valence-electron chi connectivity index (χ4n) is 4.76. The zero-order valence-corrected chi connectivity index (χ0v) is 26.3. The Morgan fingerprint density at radius 2 is 1.50 bits per heavy atom. The average molecular weight is 552 g/mol. The number of amides is 3. The molecule has 2 N–H and O–H groups in total. The van der Waals surface area contributed by atoms with Gasteiger partial charge in [0.1, 0.15) is 17.7 Å². The third-order valence-corrected chi connectivity index (χ3v) is 6.92. The van der Waals surface area contributed by atoms with Crippen molar-refractivity contribution in [3.8, 4) is 0 Å². The molecule has 40 heavy (non-hydrogen) atoms. The van der Waals surface area contributed by atoms with E-state index in [-0.39, 0.29) is 17.7 Å². The van der Waals surface area contributed by atoms with E-state index in [4.69, 9.17) is 4.74 Å². The molecule has 220 valence electrons. The molecule has 0 saturated heterocycles. The van der Waals surface area contributed by atoms with E-state index in [1.165, 1.54) is 0 Å². The fourth-order valence-corrected chi connectivity index (χ4v) is 4.76. The SMILES string of the molecule is CCC(C)(C)N(C(=O)C(CC(C)C)NC(=O)OC(C)(C)C)C(C(=O)Nc1ccccc1C)c1cc(C)cc(C)c1. The predicted octanol–water partition coefficient (Wildman–Crippen LogP) is 7.25. The number of alkyl carbamates (subject to hydrolysis) is 1. The Bertz CT molecular complexity index is 1180. The Kier molecular flexibility index (Phi) is 11.0. The summed E-state index contributed by atoms with van der Waals surface area (Å²) in [6.07, 6.45) is 0.333. The number of nitrogens with zero attached hydrogens (tertiary/aromatic N) is 1. The van der Waals surface area contributed by atoms with Crippen molar-refractivity contribution in [2.45, 2.75) is 112 Å². The minimum absolute atomic E-state index is 0.107. The van der Waals surface area contributed by atoms with Crippen molar-refractivity contribution >= 4 is 23.6 Å². The molecule has 2 unspecified atom stereocenters. The molecule has 0 radical (unpaired) electrons. The summed E-state index contributed by atoms with van der Waals surface area (Å²) in [5.41, 5.74) is 2.90. The number of hydrogen-bond acceptors (Lipinski definition) is 4. The van der Waals surface area contributed by atoms with Crippen LogP contribution in [-0.2, 0) is 14.3 Å². The summed E-state index contributed by atoms with van der Waals surface area (Å²) in [6, 6.07) is 11.7. The monoisotopic (exact) mass is 551 g/mol. The number of rotatable bonds is 10. The number of carbonyl (C=O) groups excluding carboxylic acids is 3. The van der Waals surface area contributed by atoms with Crippen LogP contribution in [0.3, 0.4) is 0 Å². The molecule has 2 aromatic rings. The zero-order chi connectivity index (χ0) is 30.4. The molecule has 7 nitrogen and oxygen atoms in total. The molecule has 0 spiro atoms. The first-order valence-electron chi connectivity index (χ1n) is 14.2. The van der Waals surface area contributed by atoms with Crippen molar-refractivity contribution in [1.29, 1.82) is 0 Å². The van der Waals surface area contributed by atoms with Crippen LogP contribution in [0.1, 0.15) is 96.5 Å². The lowest BCUT2D eigenvalue weighted by Gasteiger charge is -2.45. The summed E-state index contributed by atoms with van der Waals surface area (Å²) < 4.78 is 5.51. The molecule has 0 bridgehead atoms. The molecule has 0 aliphatic heterocycles. The van der Waals surface area contributed by atoms with E-state index in [0.717, 1.165) is 22.3 Å². The molecule has 0 aliphatic carbocycles. The summed E-state index contributed by atoms with van der Waals surface area (Å²) in [6.45, 7) is 21.2. The van der Waals surface area contributed by atoms with Gasteiger partial charge in [0, 0.05) is 11.2 Å². The molecule has 2 atom stereocenters. The van der Waals surface area contributed by atoms with Crippen molar-refractivity contribution in [2.24, 2.45) is 5.92 Å². The van der Waals surface area contributed by atoms with Gasteiger partial charge in [0.25, 0.3) is 5.91 Å². The second kappa shape index (κ2) is 13.3. The average Bonchev–Trinajstić information content (AvgIpc) is 2.80. The van der Waals surface area contributed by atoms with Crippen LogP contribution in [0.25, 0.3) is 0 Å². The molecule has 2 aromatic carbocycles. The van der Waals surface area contributed by atoms with E-state index in [1.807, 2.05) is 97.9 Å². The van der Waals surface area contributed by atoms with Crippen LogP contribution in [0, 0.1) is 26.7 Å². The lowest BCUT2D eigenvalue weighted by molar-refractivity contribution is -0.148. The molecule has 0 fully saturated rings. The highest BCUT2D eigenvalue weighted by Crippen LogP contribution is 2.34. The largest absolute Gasteiger partial charge is 0.444 e. The van der Waals surface area contributed by atoms with E-state index in [2.05, 4.69) is 10.6 Å². The van der Waals surface area contributed by atoms with E-state index >= 15 is 0 Å². The van der Waals surface area contributed by atoms with Crippen LogP contribution in [0.5, 0.6) is 0 Å². The number of aryl methyl sites for hydroxylation is 3. The smallest absolute Gasteiger partial charge is 0.408 e. The van der Waals surface area contributed by atoms with Crippen molar-refractivity contribution in [2.75, 3.05) is 5.32 Å². The number of anilines is 1. The third-order valence-electron chi connectivity index (χ3n) is 6.92. The van der Waals surface area contributed by atoms with Gasteiger partial charge in [-0.1, -0.05) is 68.3 Å². The molecule has 3 amide bonds. The number of hydrogen-bond donors (Lipinski definition) is 2. The van der Waals surface area contributed by atoms with Crippen molar-refractivity contribution < 1.29 is 19.1 Å². The Hall–Kier alpha value is -3.35. The van der Waals surface area contributed by atoms with Crippen molar-refractivity contribution in [1.82, 2.24) is 10.2 Å². The number of para-hydroxylation sites is 1. The maximum Gasteiger partial charge on any atom is 0.408 e. The van der Waals surface area contributed by atoms with Gasteiger partial charge < -0.3 is 20.3 Å². The Balaban J connectivity index is 2.70. The van der Waals surface area contributed by atoms with Gasteiger partial charge in [-0.2, -0.15) is 0 Å². The summed E-state index contributed by atoms with van der Waals surface area (Å²) in [5, 5.41) is 5.91. The predicted molar refractivity (Wildman–Crippen MR) is 162 cm³/mol. The first-order valence-corrected chi connectivity index (χ1v) is 14.2. The highest BCUT2D eigenvalue weighted by atomic mass is 16.6. The van der Waals surface area contributed by atoms with E-state index in [1.54, 1.807) is 25.7 Å². The summed E-state index contributed by atoms with van der Waals surface area (Å²) >= 11 is 0. The summed E-state index contributed by atoms with van der Waals surface area (Å²) in [7, 11) is 0. The Morgan fingerprint density at radius 3 is 2.00 bits per heavy atom. The number of carbonyl (C=O) groups is 3. The zero-order valence-electron chi connectivity index (χ0n) is 26.3. The van der Waals surface area contributed by atoms with E-state index in [0.29, 0.717) is 18.5 Å². The minimum atomic E-state index is -0.934. The van der Waals surface area contributed by atoms with Crippen LogP contribution < -0.4 is 10.6 Å². The maximum atomic E-state index is 14.6. The van der Waals surface area contributed by atoms with E-state index in [9.17, 15) is 14.4 Å². The third kappa shape index (κ3) is 9.10. The number of nitrogens with one attached hydrogen (secondary N) is 2. The van der Waals surface area contributed by atoms with Crippen LogP contribution in [0.4, 0.5) is 10.5 Å². The van der Waals surface area contributed by atoms with Gasteiger partial charge in [-0.15, -0.1) is 0 Å². The molecule has 0 saturated carbocycles. The lowest BCUT2D eigenvalue weighted by Crippen LogP contribution is -2.59. The molecule has 0 heterocycles. The van der Waals surface area contributed by atoms with Gasteiger partial charge >= 0.3 is 6.09 Å². The van der Waals surface area contributed by atoms with Gasteiger partial charge in [0.2, 0.25) is 5.91 Å². The normalized spacial score (nSPS) is 13.4. The minimum Gasteiger partial charge on any atom is -0.444 e. The van der Waals surface area contributed by atoms with E-state index < -0.39 is 29.3 Å². The van der Waals surface area contributed by atoms with Gasteiger partial charge in [0.15, 0.2) is 0 Å². The highest BCUT2D eigenvalue weighted by Gasteiger charge is 2.43. The maximum absolute atomic E-state index is 14.6. The Labute approximate surface area is 241 Å². The fraction of sp³-hybridized carbons (Fsp3) is 0.545. The topological polar surface area (TPSA) is 87.7 Å². The molecule has 0 aliphatic rings. The van der Waals surface area contributed by atoms with Gasteiger partial charge in [-0.3, -0.25) is 9.59 Å². The second-order valence-electron chi connectivity index (χ2n) is 12.8. The Morgan fingerprint density at radius 1 is 0.925 bits per heavy atom. The molecular weight excluding hydrogens is 502 g/mol. The van der Waals surface area contributed by atoms with Gasteiger partial charge in [0.05, 0.1) is 0 Å². The number of ether oxygens (including phenoxy) is 1. The van der Waals surface area contributed by atoms with Crippen LogP contribution >= 0.6 is 0 Å². The molecule has 2 rings (SSSR count). The van der Waals surface area contributed by atoms with Crippen molar-refractivity contribution in [3.05, 3.63) is 64.7 Å². The van der Waals surface area contributed by atoms with Crippen LogP contribution in [-0.4, -0.2) is 40.0 Å². The highest BCUT2D eigenvalue weighted by molar-refractivity contribution is 5.99. The molecular formula is C33H49N3O4. The molecule has 0 aromatic heterocycles. The standard InChI is InChI=1S/C33H49N3O4/c1-12-33(10,11)36(30(38)27(17-21(2)3)35-31(39)40-32(7,8)9)28(25-19-22(4)18-23(5)20-25)29(37)34-26-16-14-13-15-24(26)6/h13-16,18-21,27-28H,12,17H2,1-11H3,(H,34,37)(H,35,39). The quantitative estimate of drug-likeness (QED) is 0.326.